The van der Waals surface area contributed by atoms with E-state index < -0.39 is 0 Å². The number of carbonyl (C=O) groups excluding carboxylic acids is 1. The first-order chi connectivity index (χ1) is 15.0. The number of piperazine rings is 1. The van der Waals surface area contributed by atoms with Gasteiger partial charge in [-0.2, -0.15) is 0 Å². The minimum absolute atomic E-state index is 0.0606. The van der Waals surface area contributed by atoms with Gasteiger partial charge in [-0.3, -0.25) is 0 Å². The smallest absolute Gasteiger partial charge is 0.321 e. The van der Waals surface area contributed by atoms with Crippen molar-refractivity contribution in [1.82, 2.24) is 14.9 Å². The summed E-state index contributed by atoms with van der Waals surface area (Å²) in [6.07, 6.45) is 0. The van der Waals surface area contributed by atoms with Crippen LogP contribution in [0.2, 0.25) is 0 Å². The van der Waals surface area contributed by atoms with E-state index >= 15 is 0 Å². The van der Waals surface area contributed by atoms with Crippen LogP contribution >= 0.6 is 0 Å². The van der Waals surface area contributed by atoms with Gasteiger partial charge in [-0.05, 0) is 44.5 Å². The van der Waals surface area contributed by atoms with Crippen molar-refractivity contribution in [2.45, 2.75) is 20.8 Å². The summed E-state index contributed by atoms with van der Waals surface area (Å²) >= 11 is 0. The van der Waals surface area contributed by atoms with Crippen LogP contribution < -0.4 is 15.5 Å². The Morgan fingerprint density at radius 3 is 2.32 bits per heavy atom. The van der Waals surface area contributed by atoms with E-state index in [0.29, 0.717) is 18.9 Å². The van der Waals surface area contributed by atoms with Crippen molar-refractivity contribution in [2.75, 3.05) is 41.7 Å². The lowest BCUT2D eigenvalue weighted by Crippen LogP contribution is -2.50. The fraction of sp³-hybridized carbons (Fsp3) is 0.292. The van der Waals surface area contributed by atoms with Crippen molar-refractivity contribution in [3.05, 3.63) is 71.5 Å². The normalized spacial score (nSPS) is 13.8. The number of carbonyl (C=O) groups is 1. The number of hydrogen-bond acceptors (Lipinski definition) is 5. The average molecular weight is 417 g/mol. The molecule has 0 bridgehead atoms. The van der Waals surface area contributed by atoms with E-state index in [-0.39, 0.29) is 6.03 Å². The van der Waals surface area contributed by atoms with Crippen LogP contribution in [0, 0.1) is 20.8 Å². The molecule has 160 valence electrons. The van der Waals surface area contributed by atoms with Crippen LogP contribution in [-0.4, -0.2) is 47.1 Å². The average Bonchev–Trinajstić information content (AvgIpc) is 2.77. The molecule has 2 heterocycles. The molecule has 7 nitrogen and oxygen atoms in total. The Morgan fingerprint density at radius 1 is 0.903 bits per heavy atom. The lowest BCUT2D eigenvalue weighted by Gasteiger charge is -2.35. The molecule has 1 saturated heterocycles. The highest BCUT2D eigenvalue weighted by molar-refractivity contribution is 5.90. The van der Waals surface area contributed by atoms with Crippen molar-refractivity contribution < 1.29 is 4.79 Å². The van der Waals surface area contributed by atoms with E-state index in [4.69, 9.17) is 0 Å². The Balaban J connectivity index is 1.39. The number of amides is 2. The van der Waals surface area contributed by atoms with E-state index in [1.807, 2.05) is 61.2 Å². The number of aromatic nitrogens is 2. The number of nitrogens with one attached hydrogen (secondary N) is 2. The summed E-state index contributed by atoms with van der Waals surface area (Å²) in [6, 6.07) is 17.9. The van der Waals surface area contributed by atoms with Crippen LogP contribution in [0.5, 0.6) is 0 Å². The summed E-state index contributed by atoms with van der Waals surface area (Å²) in [5, 5.41) is 6.38. The number of aryl methyl sites for hydroxylation is 3. The summed E-state index contributed by atoms with van der Waals surface area (Å²) in [4.78, 5) is 25.8. The first-order valence-electron chi connectivity index (χ1n) is 10.5. The molecule has 2 N–H and O–H groups in total. The van der Waals surface area contributed by atoms with Crippen LogP contribution in [0.15, 0.2) is 54.6 Å². The fourth-order valence-electron chi connectivity index (χ4n) is 3.61. The molecule has 0 atom stereocenters. The Bertz CT molecular complexity index is 1060. The van der Waals surface area contributed by atoms with E-state index in [9.17, 15) is 4.79 Å². The SMILES string of the molecule is Cc1ccc(Nc2cc(N3CCN(C(=O)Nc4ccccc4C)CC3)nc(C)n2)cc1. The van der Waals surface area contributed by atoms with E-state index in [0.717, 1.165) is 41.7 Å². The molecule has 0 aliphatic carbocycles. The minimum Gasteiger partial charge on any atom is -0.353 e. The highest BCUT2D eigenvalue weighted by atomic mass is 16.2. The van der Waals surface area contributed by atoms with Crippen LogP contribution in [0.25, 0.3) is 0 Å². The molecule has 1 aromatic heterocycles. The lowest BCUT2D eigenvalue weighted by atomic mass is 10.2. The Morgan fingerprint density at radius 2 is 1.61 bits per heavy atom. The Kier molecular flexibility index (Phi) is 6.02. The monoisotopic (exact) mass is 416 g/mol. The first kappa shape index (κ1) is 20.7. The number of rotatable bonds is 4. The lowest BCUT2D eigenvalue weighted by molar-refractivity contribution is 0.208. The minimum atomic E-state index is -0.0606. The summed E-state index contributed by atoms with van der Waals surface area (Å²) in [7, 11) is 0. The van der Waals surface area contributed by atoms with Crippen molar-refractivity contribution >= 4 is 29.0 Å². The molecule has 1 fully saturated rings. The predicted octanol–water partition coefficient (Wildman–Crippen LogP) is 4.50. The zero-order chi connectivity index (χ0) is 21.8. The molecule has 2 amide bonds. The zero-order valence-corrected chi connectivity index (χ0v) is 18.2. The van der Waals surface area contributed by atoms with Crippen molar-refractivity contribution in [2.24, 2.45) is 0 Å². The summed E-state index contributed by atoms with van der Waals surface area (Å²) in [5.41, 5.74) is 4.12. The van der Waals surface area contributed by atoms with Crippen molar-refractivity contribution in [3.8, 4) is 0 Å². The zero-order valence-electron chi connectivity index (χ0n) is 18.2. The highest BCUT2D eigenvalue weighted by Crippen LogP contribution is 2.22. The Hall–Kier alpha value is -3.61. The van der Waals surface area contributed by atoms with E-state index in [1.165, 1.54) is 5.56 Å². The second-order valence-corrected chi connectivity index (χ2v) is 7.87. The summed E-state index contributed by atoms with van der Waals surface area (Å²) in [5.74, 6) is 2.36. The third-order valence-corrected chi connectivity index (χ3v) is 5.43. The van der Waals surface area contributed by atoms with Gasteiger partial charge in [-0.25, -0.2) is 14.8 Å². The van der Waals surface area contributed by atoms with Crippen molar-refractivity contribution in [1.29, 1.82) is 0 Å². The van der Waals surface area contributed by atoms with Gasteiger partial charge < -0.3 is 20.4 Å². The van der Waals surface area contributed by atoms with Crippen LogP contribution in [0.1, 0.15) is 17.0 Å². The largest absolute Gasteiger partial charge is 0.353 e. The highest BCUT2D eigenvalue weighted by Gasteiger charge is 2.23. The van der Waals surface area contributed by atoms with Gasteiger partial charge in [0.2, 0.25) is 0 Å². The number of anilines is 4. The molecule has 2 aromatic carbocycles. The molecular formula is C24H28N6O. The standard InChI is InChI=1S/C24H28N6O/c1-17-8-10-20(11-9-17)27-22-16-23(26-19(3)25-22)29-12-14-30(15-13-29)24(31)28-21-7-5-4-6-18(21)2/h4-11,16H,12-15H2,1-3H3,(H,28,31)(H,25,26,27). The molecule has 3 aromatic rings. The van der Waals surface area contributed by atoms with Gasteiger partial charge in [0, 0.05) is 43.6 Å². The molecule has 0 spiro atoms. The number of urea groups is 1. The first-order valence-corrected chi connectivity index (χ1v) is 10.5. The molecule has 1 aliphatic rings. The second kappa shape index (κ2) is 9.04. The third kappa shape index (κ3) is 5.12. The van der Waals surface area contributed by atoms with Crippen LogP contribution in [-0.2, 0) is 0 Å². The maximum absolute atomic E-state index is 12.7. The molecule has 31 heavy (non-hydrogen) atoms. The maximum Gasteiger partial charge on any atom is 0.321 e. The molecule has 7 heteroatoms. The second-order valence-electron chi connectivity index (χ2n) is 7.87. The maximum atomic E-state index is 12.7. The molecule has 1 aliphatic heterocycles. The summed E-state index contributed by atoms with van der Waals surface area (Å²) < 4.78 is 0. The number of nitrogens with zero attached hydrogens (tertiary/aromatic N) is 4. The molecule has 4 rings (SSSR count). The van der Waals surface area contributed by atoms with Crippen LogP contribution in [0.4, 0.5) is 27.8 Å². The topological polar surface area (TPSA) is 73.4 Å². The Labute approximate surface area is 183 Å². The van der Waals surface area contributed by atoms with Gasteiger partial charge in [0.15, 0.2) is 0 Å². The quantitative estimate of drug-likeness (QED) is 0.655. The number of benzene rings is 2. The van der Waals surface area contributed by atoms with Gasteiger partial charge in [-0.15, -0.1) is 0 Å². The third-order valence-electron chi connectivity index (χ3n) is 5.43. The fourth-order valence-corrected chi connectivity index (χ4v) is 3.61. The van der Waals surface area contributed by atoms with E-state index in [1.54, 1.807) is 0 Å². The van der Waals surface area contributed by atoms with Gasteiger partial charge in [-0.1, -0.05) is 35.9 Å². The molecule has 0 unspecified atom stereocenters. The summed E-state index contributed by atoms with van der Waals surface area (Å²) in [6.45, 7) is 8.69. The number of hydrogen-bond donors (Lipinski definition) is 2. The number of para-hydroxylation sites is 1. The van der Waals surface area contributed by atoms with Crippen LogP contribution in [0.3, 0.4) is 0 Å². The van der Waals surface area contributed by atoms with Crippen molar-refractivity contribution in [3.63, 3.8) is 0 Å². The molecular weight excluding hydrogens is 388 g/mol. The van der Waals surface area contributed by atoms with Gasteiger partial charge in [0.05, 0.1) is 0 Å². The molecule has 0 radical (unpaired) electrons. The predicted molar refractivity (Wildman–Crippen MR) is 125 cm³/mol. The molecule has 0 saturated carbocycles. The van der Waals surface area contributed by atoms with Gasteiger partial charge >= 0.3 is 6.03 Å². The van der Waals surface area contributed by atoms with Gasteiger partial charge in [0.25, 0.3) is 0 Å². The van der Waals surface area contributed by atoms with E-state index in [2.05, 4.69) is 44.6 Å². The van der Waals surface area contributed by atoms with Gasteiger partial charge in [0.1, 0.15) is 17.5 Å².